The molecule has 0 atom stereocenters. The summed E-state index contributed by atoms with van der Waals surface area (Å²) in [6.45, 7) is 0.295. The second-order valence-corrected chi connectivity index (χ2v) is 8.31. The Hall–Kier alpha value is -4.59. The molecule has 0 aliphatic heterocycles. The van der Waals surface area contributed by atoms with Crippen LogP contribution in [0.2, 0.25) is 0 Å². The van der Waals surface area contributed by atoms with Gasteiger partial charge < -0.3 is 33.2 Å². The molecule has 0 aliphatic carbocycles. The Labute approximate surface area is 207 Å². The summed E-state index contributed by atoms with van der Waals surface area (Å²) in [6.07, 6.45) is -1.39. The molecule has 0 aliphatic rings. The minimum Gasteiger partial charge on any atom is -0.497 e. The van der Waals surface area contributed by atoms with Gasteiger partial charge in [0.15, 0.2) is 0 Å². The topological polar surface area (TPSA) is 84.1 Å². The van der Waals surface area contributed by atoms with Gasteiger partial charge in [0.25, 0.3) is 0 Å². The molecule has 184 valence electrons. The van der Waals surface area contributed by atoms with Gasteiger partial charge >= 0.3 is 6.16 Å². The van der Waals surface area contributed by atoms with Crippen molar-refractivity contribution in [1.29, 1.82) is 0 Å². The predicted octanol–water partition coefficient (Wildman–Crippen LogP) is 5.93. The first-order chi connectivity index (χ1) is 17.5. The highest BCUT2D eigenvalue weighted by Gasteiger charge is 2.28. The summed E-state index contributed by atoms with van der Waals surface area (Å²) in [5, 5.41) is 10.7. The molecule has 2 aromatic heterocycles. The number of carbonyl (C=O) groups is 1. The molecule has 5 rings (SSSR count). The fourth-order valence-electron chi connectivity index (χ4n) is 4.80. The van der Waals surface area contributed by atoms with E-state index in [1.807, 2.05) is 78.3 Å². The van der Waals surface area contributed by atoms with E-state index in [9.17, 15) is 9.90 Å². The second-order valence-electron chi connectivity index (χ2n) is 8.31. The number of para-hydroxylation sites is 1. The first-order valence-corrected chi connectivity index (χ1v) is 11.3. The van der Waals surface area contributed by atoms with Crippen LogP contribution >= 0.6 is 0 Å². The first kappa shape index (κ1) is 23.2. The second kappa shape index (κ2) is 9.22. The van der Waals surface area contributed by atoms with Crippen LogP contribution in [0.15, 0.2) is 66.7 Å². The summed E-state index contributed by atoms with van der Waals surface area (Å²) in [5.41, 5.74) is 5.04. The van der Waals surface area contributed by atoms with Crippen molar-refractivity contribution in [2.45, 2.75) is 6.54 Å². The van der Waals surface area contributed by atoms with Gasteiger partial charge in [0.05, 0.1) is 50.0 Å². The molecule has 5 aromatic rings. The highest BCUT2D eigenvalue weighted by atomic mass is 16.7. The third-order valence-electron chi connectivity index (χ3n) is 6.42. The zero-order chi connectivity index (χ0) is 25.4. The van der Waals surface area contributed by atoms with E-state index in [-0.39, 0.29) is 5.88 Å². The lowest BCUT2D eigenvalue weighted by Crippen LogP contribution is -2.11. The van der Waals surface area contributed by atoms with Crippen LogP contribution in [0.25, 0.3) is 33.1 Å². The number of carboxylic acid groups (broad SMARTS) is 1. The minimum absolute atomic E-state index is 0.226. The average Bonchev–Trinajstić information content (AvgIpc) is 3.36. The summed E-state index contributed by atoms with van der Waals surface area (Å²) in [6, 6.07) is 21.0. The maximum Gasteiger partial charge on any atom is 0.512 e. The number of nitrogens with zero attached hydrogens (tertiary/aromatic N) is 2. The maximum absolute atomic E-state index is 11.9. The number of ether oxygens (including phenoxy) is 4. The van der Waals surface area contributed by atoms with Crippen LogP contribution in [0.1, 0.15) is 5.56 Å². The van der Waals surface area contributed by atoms with Crippen LogP contribution in [0.5, 0.6) is 23.1 Å². The molecule has 8 heteroatoms. The van der Waals surface area contributed by atoms with E-state index in [0.717, 1.165) is 33.1 Å². The molecule has 0 bridgehead atoms. The third-order valence-corrected chi connectivity index (χ3v) is 6.42. The van der Waals surface area contributed by atoms with E-state index >= 15 is 0 Å². The molecule has 0 radical (unpaired) electrons. The number of fused-ring (bicyclic) bond motifs is 3. The summed E-state index contributed by atoms with van der Waals surface area (Å²) < 4.78 is 25.8. The Balaban J connectivity index is 1.87. The van der Waals surface area contributed by atoms with Crippen molar-refractivity contribution in [1.82, 2.24) is 9.13 Å². The van der Waals surface area contributed by atoms with E-state index in [2.05, 4.69) is 4.57 Å². The monoisotopic (exact) mass is 486 g/mol. The average molecular weight is 487 g/mol. The van der Waals surface area contributed by atoms with Gasteiger partial charge in [0.2, 0.25) is 5.88 Å². The largest absolute Gasteiger partial charge is 0.512 e. The lowest BCUT2D eigenvalue weighted by Gasteiger charge is -2.15. The van der Waals surface area contributed by atoms with Crippen LogP contribution in [0, 0.1) is 0 Å². The molecule has 0 saturated heterocycles. The van der Waals surface area contributed by atoms with E-state index in [1.54, 1.807) is 21.3 Å². The fraction of sp³-hybridized carbons (Fsp3) is 0.179. The van der Waals surface area contributed by atoms with Gasteiger partial charge in [0.1, 0.15) is 17.2 Å². The van der Waals surface area contributed by atoms with Gasteiger partial charge in [-0.25, -0.2) is 4.79 Å². The Kier molecular flexibility index (Phi) is 5.93. The third kappa shape index (κ3) is 3.76. The fourth-order valence-corrected chi connectivity index (χ4v) is 4.80. The molecular formula is C28H26N2O6. The van der Waals surface area contributed by atoms with E-state index in [1.165, 1.54) is 0 Å². The predicted molar refractivity (Wildman–Crippen MR) is 138 cm³/mol. The Bertz CT molecular complexity index is 1580. The normalized spacial score (nSPS) is 11.1. The molecule has 36 heavy (non-hydrogen) atoms. The highest BCUT2D eigenvalue weighted by Crippen LogP contribution is 2.45. The zero-order valence-corrected chi connectivity index (χ0v) is 20.4. The van der Waals surface area contributed by atoms with Gasteiger partial charge in [-0.05, 0) is 42.0 Å². The van der Waals surface area contributed by atoms with Gasteiger partial charge in [-0.15, -0.1) is 0 Å². The van der Waals surface area contributed by atoms with Gasteiger partial charge in [-0.3, -0.25) is 0 Å². The first-order valence-electron chi connectivity index (χ1n) is 11.3. The van der Waals surface area contributed by atoms with Gasteiger partial charge in [-0.1, -0.05) is 30.3 Å². The summed E-state index contributed by atoms with van der Waals surface area (Å²) in [4.78, 5) is 11.9. The smallest absolute Gasteiger partial charge is 0.497 e. The van der Waals surface area contributed by atoms with Crippen LogP contribution in [-0.4, -0.2) is 41.7 Å². The van der Waals surface area contributed by atoms with Crippen molar-refractivity contribution in [3.63, 3.8) is 0 Å². The van der Waals surface area contributed by atoms with Crippen molar-refractivity contribution in [2.24, 2.45) is 7.05 Å². The SMILES string of the molecule is COc1ccc(-c2c(OC(=O)O)n(Cc3cc(OC)ccc3OC)c3c4ccccc4n(C)c23)cc1. The van der Waals surface area contributed by atoms with Crippen molar-refractivity contribution in [3.8, 4) is 34.3 Å². The van der Waals surface area contributed by atoms with Crippen LogP contribution in [-0.2, 0) is 13.6 Å². The van der Waals surface area contributed by atoms with E-state index in [0.29, 0.717) is 29.4 Å². The van der Waals surface area contributed by atoms with Crippen LogP contribution in [0.3, 0.4) is 0 Å². The molecule has 0 amide bonds. The Morgan fingerprint density at radius 1 is 0.861 bits per heavy atom. The zero-order valence-electron chi connectivity index (χ0n) is 20.4. The minimum atomic E-state index is -1.39. The number of benzene rings is 3. The molecule has 0 unspecified atom stereocenters. The molecule has 0 saturated carbocycles. The van der Waals surface area contributed by atoms with Gasteiger partial charge in [-0.2, -0.15) is 0 Å². The molecule has 0 fully saturated rings. The van der Waals surface area contributed by atoms with E-state index < -0.39 is 6.16 Å². The van der Waals surface area contributed by atoms with Crippen LogP contribution in [0.4, 0.5) is 4.79 Å². The molecule has 2 heterocycles. The molecule has 3 aromatic carbocycles. The van der Waals surface area contributed by atoms with Crippen molar-refractivity contribution >= 4 is 28.1 Å². The van der Waals surface area contributed by atoms with Crippen LogP contribution < -0.4 is 18.9 Å². The maximum atomic E-state index is 11.9. The molecule has 8 nitrogen and oxygen atoms in total. The number of methoxy groups -OCH3 is 3. The van der Waals surface area contributed by atoms with Crippen molar-refractivity contribution in [2.75, 3.05) is 21.3 Å². The Morgan fingerprint density at radius 3 is 2.22 bits per heavy atom. The summed E-state index contributed by atoms with van der Waals surface area (Å²) in [7, 11) is 6.78. The standard InChI is InChI=1S/C28H26N2O6/c1-29-22-8-6-5-7-21(22)25-26(29)24(17-9-11-19(33-2)12-10-17)27(36-28(31)32)30(25)16-18-15-20(34-3)13-14-23(18)35-4/h5-15H,16H2,1-4H3,(H,31,32). The van der Waals surface area contributed by atoms with E-state index in [4.69, 9.17) is 18.9 Å². The number of aryl methyl sites for hydroxylation is 1. The number of aromatic nitrogens is 2. The number of rotatable bonds is 7. The quantitative estimate of drug-likeness (QED) is 0.287. The van der Waals surface area contributed by atoms with Crippen molar-refractivity contribution < 1.29 is 28.8 Å². The molecule has 1 N–H and O–H groups in total. The number of hydrogen-bond acceptors (Lipinski definition) is 5. The Morgan fingerprint density at radius 2 is 1.56 bits per heavy atom. The highest BCUT2D eigenvalue weighted by molar-refractivity contribution is 6.13. The summed E-state index contributed by atoms with van der Waals surface area (Å²) >= 11 is 0. The molecular weight excluding hydrogens is 460 g/mol. The lowest BCUT2D eigenvalue weighted by molar-refractivity contribution is 0.141. The summed E-state index contributed by atoms with van der Waals surface area (Å²) in [5.74, 6) is 2.26. The molecule has 0 spiro atoms. The number of hydrogen-bond donors (Lipinski definition) is 1. The lowest BCUT2D eigenvalue weighted by atomic mass is 10.1. The van der Waals surface area contributed by atoms with Crippen molar-refractivity contribution in [3.05, 3.63) is 72.3 Å². The van der Waals surface area contributed by atoms with Gasteiger partial charge in [0, 0.05) is 18.0 Å².